The Labute approximate surface area is 149 Å². The Morgan fingerprint density at radius 3 is 2.58 bits per heavy atom. The van der Waals surface area contributed by atoms with Crippen LogP contribution < -0.4 is 16.2 Å². The third kappa shape index (κ3) is 4.09. The molecule has 1 aromatic rings. The molecule has 2 fully saturated rings. The van der Waals surface area contributed by atoms with E-state index >= 15 is 0 Å². The van der Waals surface area contributed by atoms with Crippen LogP contribution in [0.1, 0.15) is 44.2 Å². The largest absolute Gasteiger partial charge is 0.338 e. The first-order chi connectivity index (χ1) is 11.7. The minimum atomic E-state index is -0.160. The molecule has 1 aromatic carbocycles. The first-order valence-corrected chi connectivity index (χ1v) is 9.34. The summed E-state index contributed by atoms with van der Waals surface area (Å²) in [5, 5.41) is 4.11. The lowest BCUT2D eigenvalue weighted by atomic mass is 9.99. The van der Waals surface area contributed by atoms with Crippen molar-refractivity contribution in [2.45, 2.75) is 50.7 Å². The summed E-state index contributed by atoms with van der Waals surface area (Å²) < 4.78 is 0. The van der Waals surface area contributed by atoms with Crippen LogP contribution in [0.4, 0.5) is 0 Å². The highest BCUT2D eigenvalue weighted by Gasteiger charge is 2.35. The van der Waals surface area contributed by atoms with E-state index in [9.17, 15) is 4.79 Å². The molecule has 132 valence electrons. The van der Waals surface area contributed by atoms with E-state index in [1.54, 1.807) is 0 Å². The Balaban J connectivity index is 1.64. The number of hydrazine groups is 1. The molecule has 2 aliphatic rings. The van der Waals surface area contributed by atoms with Crippen molar-refractivity contribution >= 4 is 17.5 Å². The fourth-order valence-corrected chi connectivity index (χ4v) is 3.79. The number of hydrogen-bond acceptors (Lipinski definition) is 4. The molecule has 0 aromatic heterocycles. The third-order valence-electron chi connectivity index (χ3n) is 4.97. The van der Waals surface area contributed by atoms with Crippen LogP contribution in [0.3, 0.4) is 0 Å². The summed E-state index contributed by atoms with van der Waals surface area (Å²) in [7, 11) is 0. The number of hydrogen-bond donors (Lipinski definition) is 3. The lowest BCUT2D eigenvalue weighted by Crippen LogP contribution is -2.52. The normalized spacial score (nSPS) is 24.9. The first-order valence-electron chi connectivity index (χ1n) is 8.96. The fourth-order valence-electron chi connectivity index (χ4n) is 3.66. The lowest BCUT2D eigenvalue weighted by molar-refractivity contribution is -0.136. The molecule has 0 spiro atoms. The van der Waals surface area contributed by atoms with Crippen LogP contribution in [0.15, 0.2) is 24.3 Å². The van der Waals surface area contributed by atoms with Crippen molar-refractivity contribution in [2.24, 2.45) is 0 Å². The van der Waals surface area contributed by atoms with Crippen LogP contribution in [0.2, 0.25) is 5.02 Å². The molecule has 2 heterocycles. The summed E-state index contributed by atoms with van der Waals surface area (Å²) in [6, 6.07) is 8.18. The number of carbonyl (C=O) groups excluding carboxylic acids is 1. The maximum absolute atomic E-state index is 13.0. The van der Waals surface area contributed by atoms with E-state index in [1.807, 2.05) is 24.3 Å². The number of amides is 1. The summed E-state index contributed by atoms with van der Waals surface area (Å²) in [4.78, 5) is 15.1. The summed E-state index contributed by atoms with van der Waals surface area (Å²) in [5.74, 6) is 0.229. The number of benzene rings is 1. The predicted octanol–water partition coefficient (Wildman–Crippen LogP) is 2.24. The molecule has 3 N–H and O–H groups in total. The van der Waals surface area contributed by atoms with Gasteiger partial charge in [-0.15, -0.1) is 0 Å². The van der Waals surface area contributed by atoms with Gasteiger partial charge in [0.15, 0.2) is 0 Å². The number of nitrogens with zero attached hydrogens (tertiary/aromatic N) is 1. The molecule has 0 bridgehead atoms. The molecule has 2 unspecified atom stereocenters. The van der Waals surface area contributed by atoms with Gasteiger partial charge in [0.05, 0.1) is 0 Å². The van der Waals surface area contributed by atoms with Crippen molar-refractivity contribution in [3.8, 4) is 0 Å². The third-order valence-corrected chi connectivity index (χ3v) is 5.22. The van der Waals surface area contributed by atoms with Gasteiger partial charge in [0, 0.05) is 23.7 Å². The molecule has 2 atom stereocenters. The van der Waals surface area contributed by atoms with Crippen LogP contribution >= 0.6 is 11.6 Å². The number of nitrogens with one attached hydrogen (secondary N) is 3. The zero-order valence-electron chi connectivity index (χ0n) is 14.2. The predicted molar refractivity (Wildman–Crippen MR) is 96.8 cm³/mol. The number of piperidine rings is 1. The Morgan fingerprint density at radius 2 is 1.92 bits per heavy atom. The van der Waals surface area contributed by atoms with E-state index < -0.39 is 0 Å². The van der Waals surface area contributed by atoms with Crippen LogP contribution in [0.5, 0.6) is 0 Å². The van der Waals surface area contributed by atoms with Crippen LogP contribution in [0, 0.1) is 0 Å². The second-order valence-corrected chi connectivity index (χ2v) is 7.13. The molecule has 6 heteroatoms. The van der Waals surface area contributed by atoms with E-state index in [0.717, 1.165) is 55.9 Å². The molecule has 0 radical (unpaired) electrons. The van der Waals surface area contributed by atoms with Crippen molar-refractivity contribution < 1.29 is 4.79 Å². The van der Waals surface area contributed by atoms with Crippen molar-refractivity contribution in [2.75, 3.05) is 19.6 Å². The molecule has 0 saturated carbocycles. The van der Waals surface area contributed by atoms with E-state index in [2.05, 4.69) is 28.0 Å². The van der Waals surface area contributed by atoms with Gasteiger partial charge >= 0.3 is 0 Å². The van der Waals surface area contributed by atoms with Crippen molar-refractivity contribution in [1.29, 1.82) is 0 Å². The van der Waals surface area contributed by atoms with Crippen LogP contribution in [-0.2, 0) is 4.79 Å². The van der Waals surface area contributed by atoms with E-state index in [0.29, 0.717) is 6.04 Å². The van der Waals surface area contributed by atoms with Gasteiger partial charge in [0.1, 0.15) is 6.04 Å². The van der Waals surface area contributed by atoms with Gasteiger partial charge in [-0.3, -0.25) is 4.79 Å². The average Bonchev–Trinajstić information content (AvgIpc) is 3.10. The van der Waals surface area contributed by atoms with Crippen LogP contribution in [-0.4, -0.2) is 42.5 Å². The second kappa shape index (κ2) is 8.30. The van der Waals surface area contributed by atoms with Gasteiger partial charge < -0.3 is 10.2 Å². The molecule has 24 heavy (non-hydrogen) atoms. The Bertz CT molecular complexity index is 544. The quantitative estimate of drug-likeness (QED) is 0.762. The smallest absolute Gasteiger partial charge is 0.241 e. The lowest BCUT2D eigenvalue weighted by Gasteiger charge is -2.36. The summed E-state index contributed by atoms with van der Waals surface area (Å²) >= 11 is 5.96. The molecule has 2 aliphatic heterocycles. The van der Waals surface area contributed by atoms with Gasteiger partial charge in [-0.25, -0.2) is 10.9 Å². The van der Waals surface area contributed by atoms with E-state index in [-0.39, 0.29) is 18.0 Å². The monoisotopic (exact) mass is 350 g/mol. The summed E-state index contributed by atoms with van der Waals surface area (Å²) in [5.41, 5.74) is 7.64. The molecule has 1 amide bonds. The number of rotatable bonds is 5. The minimum Gasteiger partial charge on any atom is -0.338 e. The van der Waals surface area contributed by atoms with Crippen molar-refractivity contribution in [3.05, 3.63) is 34.9 Å². The van der Waals surface area contributed by atoms with E-state index in [1.165, 1.54) is 0 Å². The average molecular weight is 351 g/mol. The van der Waals surface area contributed by atoms with Gasteiger partial charge in [0.25, 0.3) is 0 Å². The zero-order chi connectivity index (χ0) is 16.9. The minimum absolute atomic E-state index is 0.146. The highest BCUT2D eigenvalue weighted by atomic mass is 35.5. The fraction of sp³-hybridized carbons (Fsp3) is 0.611. The Morgan fingerprint density at radius 1 is 1.21 bits per heavy atom. The maximum atomic E-state index is 13.0. The van der Waals surface area contributed by atoms with Crippen molar-refractivity contribution in [3.63, 3.8) is 0 Å². The SMILES string of the molecule is CCCN(C(=O)C1CC(c2ccc(Cl)cc2)NN1)C1CCNCC1. The first kappa shape index (κ1) is 17.7. The van der Waals surface area contributed by atoms with Crippen LogP contribution in [0.25, 0.3) is 0 Å². The van der Waals surface area contributed by atoms with Crippen molar-refractivity contribution in [1.82, 2.24) is 21.1 Å². The Kier molecular flexibility index (Phi) is 6.11. The topological polar surface area (TPSA) is 56.4 Å². The molecule has 3 rings (SSSR count). The highest BCUT2D eigenvalue weighted by molar-refractivity contribution is 6.30. The second-order valence-electron chi connectivity index (χ2n) is 6.69. The highest BCUT2D eigenvalue weighted by Crippen LogP contribution is 2.25. The van der Waals surface area contributed by atoms with E-state index in [4.69, 9.17) is 11.6 Å². The summed E-state index contributed by atoms with van der Waals surface area (Å²) in [6.45, 7) is 4.98. The molecule has 0 aliphatic carbocycles. The van der Waals surface area contributed by atoms with Gasteiger partial charge in [-0.2, -0.15) is 0 Å². The van der Waals surface area contributed by atoms with Gasteiger partial charge in [0.2, 0.25) is 5.91 Å². The number of carbonyl (C=O) groups is 1. The summed E-state index contributed by atoms with van der Waals surface area (Å²) in [6.07, 6.45) is 3.86. The van der Waals surface area contributed by atoms with Gasteiger partial charge in [-0.05, 0) is 56.5 Å². The standard InChI is InChI=1S/C18H27ClN4O/c1-2-11-23(15-7-9-20-10-8-15)18(24)17-12-16(21-22-17)13-3-5-14(19)6-4-13/h3-6,15-17,20-22H,2,7-12H2,1H3. The maximum Gasteiger partial charge on any atom is 0.241 e. The molecular formula is C18H27ClN4O. The Hall–Kier alpha value is -1.14. The molecular weight excluding hydrogens is 324 g/mol. The molecule has 5 nitrogen and oxygen atoms in total. The van der Waals surface area contributed by atoms with Gasteiger partial charge in [-0.1, -0.05) is 30.7 Å². The number of halogens is 1. The zero-order valence-corrected chi connectivity index (χ0v) is 15.0. The molecule has 2 saturated heterocycles.